The summed E-state index contributed by atoms with van der Waals surface area (Å²) in [7, 11) is 0. The summed E-state index contributed by atoms with van der Waals surface area (Å²) in [5, 5.41) is 2.79. The van der Waals surface area contributed by atoms with Crippen LogP contribution in [0.5, 0.6) is 0 Å². The molecule has 1 aliphatic heterocycles. The van der Waals surface area contributed by atoms with Crippen molar-refractivity contribution in [3.63, 3.8) is 0 Å². The minimum atomic E-state index is -0.767. The molecule has 120 valence electrons. The van der Waals surface area contributed by atoms with E-state index in [1.807, 2.05) is 13.8 Å². The fourth-order valence-corrected chi connectivity index (χ4v) is 2.13. The van der Waals surface area contributed by atoms with E-state index in [1.54, 1.807) is 19.9 Å². The predicted octanol–water partition coefficient (Wildman–Crippen LogP) is 2.21. The Morgan fingerprint density at radius 3 is 2.57 bits per heavy atom. The maximum Gasteiger partial charge on any atom is 0.249 e. The molecule has 1 amide bonds. The number of hydrogen-bond donors (Lipinski definition) is 1. The van der Waals surface area contributed by atoms with Gasteiger partial charge < -0.3 is 14.8 Å². The Kier molecular flexibility index (Phi) is 6.10. The number of carbonyl (C=O) groups excluding carboxylic acids is 2. The van der Waals surface area contributed by atoms with Crippen molar-refractivity contribution >= 4 is 11.7 Å². The normalized spacial score (nSPS) is 23.3. The average Bonchev–Trinajstić information content (AvgIpc) is 2.39. The van der Waals surface area contributed by atoms with Crippen LogP contribution in [0.4, 0.5) is 0 Å². The zero-order chi connectivity index (χ0) is 16.1. The highest BCUT2D eigenvalue weighted by Gasteiger charge is 2.45. The first-order valence-corrected chi connectivity index (χ1v) is 7.40. The van der Waals surface area contributed by atoms with Gasteiger partial charge in [0.2, 0.25) is 5.91 Å². The Balaban J connectivity index is 2.46. The monoisotopic (exact) mass is 297 g/mol. The molecule has 21 heavy (non-hydrogen) atoms. The van der Waals surface area contributed by atoms with Gasteiger partial charge in [-0.15, -0.1) is 6.58 Å². The van der Waals surface area contributed by atoms with Crippen molar-refractivity contribution in [2.24, 2.45) is 5.41 Å². The topological polar surface area (TPSA) is 64.6 Å². The van der Waals surface area contributed by atoms with Crippen molar-refractivity contribution < 1.29 is 19.1 Å². The minimum absolute atomic E-state index is 0.127. The van der Waals surface area contributed by atoms with E-state index in [2.05, 4.69) is 11.9 Å². The highest BCUT2D eigenvalue weighted by molar-refractivity contribution is 5.83. The lowest BCUT2D eigenvalue weighted by Gasteiger charge is -2.44. The van der Waals surface area contributed by atoms with E-state index < -0.39 is 17.3 Å². The van der Waals surface area contributed by atoms with Gasteiger partial charge in [0.25, 0.3) is 0 Å². The van der Waals surface area contributed by atoms with Gasteiger partial charge in [-0.05, 0) is 20.3 Å². The van der Waals surface area contributed by atoms with Crippen LogP contribution in [-0.4, -0.2) is 36.7 Å². The SMILES string of the molecule is C=CCCC(=O)CCNC(=O)[C@@H]1OC(C)(C)OCC1(C)C. The Morgan fingerprint density at radius 2 is 1.95 bits per heavy atom. The third-order valence-electron chi connectivity index (χ3n) is 3.47. The van der Waals surface area contributed by atoms with Crippen LogP contribution >= 0.6 is 0 Å². The highest BCUT2D eigenvalue weighted by Crippen LogP contribution is 2.34. The van der Waals surface area contributed by atoms with Crippen molar-refractivity contribution in [1.82, 2.24) is 5.32 Å². The summed E-state index contributed by atoms with van der Waals surface area (Å²) in [6, 6.07) is 0. The quantitative estimate of drug-likeness (QED) is 0.732. The maximum absolute atomic E-state index is 12.3. The number of hydrogen-bond acceptors (Lipinski definition) is 4. The molecule has 0 saturated carbocycles. The predicted molar refractivity (Wildman–Crippen MR) is 80.7 cm³/mol. The first kappa shape index (κ1) is 17.9. The number of ether oxygens (including phenoxy) is 2. The Hall–Kier alpha value is -1.20. The van der Waals surface area contributed by atoms with Crippen molar-refractivity contribution in [3.05, 3.63) is 12.7 Å². The zero-order valence-corrected chi connectivity index (χ0v) is 13.5. The van der Waals surface area contributed by atoms with Gasteiger partial charge in [-0.2, -0.15) is 0 Å². The molecule has 1 atom stereocenters. The largest absolute Gasteiger partial charge is 0.353 e. The Morgan fingerprint density at radius 1 is 1.29 bits per heavy atom. The van der Waals surface area contributed by atoms with E-state index in [0.717, 1.165) is 0 Å². The molecule has 1 saturated heterocycles. The van der Waals surface area contributed by atoms with E-state index in [9.17, 15) is 9.59 Å². The van der Waals surface area contributed by atoms with Gasteiger partial charge in [-0.3, -0.25) is 9.59 Å². The first-order valence-electron chi connectivity index (χ1n) is 7.40. The van der Waals surface area contributed by atoms with E-state index in [0.29, 0.717) is 32.4 Å². The van der Waals surface area contributed by atoms with Gasteiger partial charge >= 0.3 is 0 Å². The van der Waals surface area contributed by atoms with Crippen LogP contribution in [0.1, 0.15) is 47.0 Å². The van der Waals surface area contributed by atoms with Crippen LogP contribution in [0.2, 0.25) is 0 Å². The molecule has 0 aromatic rings. The van der Waals surface area contributed by atoms with Crippen molar-refractivity contribution in [2.75, 3.05) is 13.2 Å². The smallest absolute Gasteiger partial charge is 0.249 e. The zero-order valence-electron chi connectivity index (χ0n) is 13.5. The summed E-state index contributed by atoms with van der Waals surface area (Å²) in [5.41, 5.74) is -0.396. The van der Waals surface area contributed by atoms with Gasteiger partial charge in [0, 0.05) is 24.8 Å². The summed E-state index contributed by atoms with van der Waals surface area (Å²) in [4.78, 5) is 23.8. The molecule has 0 bridgehead atoms. The second kappa shape index (κ2) is 7.18. The molecule has 0 aromatic heterocycles. The molecular weight excluding hydrogens is 270 g/mol. The summed E-state index contributed by atoms with van der Waals surface area (Å²) >= 11 is 0. The van der Waals surface area contributed by atoms with Crippen LogP contribution < -0.4 is 5.32 Å². The Bertz CT molecular complexity index is 401. The number of carbonyl (C=O) groups is 2. The molecule has 0 aromatic carbocycles. The molecule has 5 nitrogen and oxygen atoms in total. The highest BCUT2D eigenvalue weighted by atomic mass is 16.7. The van der Waals surface area contributed by atoms with E-state index >= 15 is 0 Å². The van der Waals surface area contributed by atoms with Gasteiger partial charge in [-0.25, -0.2) is 0 Å². The standard InChI is InChI=1S/C16H27NO4/c1-6-7-8-12(18)9-10-17-14(19)13-15(2,3)11-20-16(4,5)21-13/h6,13H,1,7-11H2,2-5H3,(H,17,19)/t13-/m0/s1. The first-order chi connectivity index (χ1) is 9.68. The van der Waals surface area contributed by atoms with Crippen molar-refractivity contribution in [2.45, 2.75) is 58.8 Å². The second-order valence-electron chi connectivity index (χ2n) is 6.58. The number of amides is 1. The van der Waals surface area contributed by atoms with Gasteiger partial charge in [0.1, 0.15) is 11.9 Å². The number of nitrogens with one attached hydrogen (secondary N) is 1. The number of Topliss-reactive ketones (excluding diaryl/α,β-unsaturated/α-hetero) is 1. The fourth-order valence-electron chi connectivity index (χ4n) is 2.13. The molecule has 5 heteroatoms. The molecular formula is C16H27NO4. The molecule has 0 spiro atoms. The molecule has 1 fully saturated rings. The van der Waals surface area contributed by atoms with E-state index in [-0.39, 0.29) is 11.7 Å². The molecule has 0 unspecified atom stereocenters. The Labute approximate surface area is 127 Å². The van der Waals surface area contributed by atoms with E-state index in [4.69, 9.17) is 9.47 Å². The molecule has 1 aliphatic rings. The van der Waals surface area contributed by atoms with Crippen LogP contribution in [0.15, 0.2) is 12.7 Å². The lowest BCUT2D eigenvalue weighted by Crippen LogP contribution is -2.56. The minimum Gasteiger partial charge on any atom is -0.353 e. The fraction of sp³-hybridized carbons (Fsp3) is 0.750. The number of rotatable bonds is 7. The van der Waals surface area contributed by atoms with E-state index in [1.165, 1.54) is 0 Å². The van der Waals surface area contributed by atoms with Crippen molar-refractivity contribution in [3.8, 4) is 0 Å². The summed E-state index contributed by atoms with van der Waals surface area (Å²) < 4.78 is 11.3. The molecule has 1 rings (SSSR count). The molecule has 0 aliphatic carbocycles. The lowest BCUT2D eigenvalue weighted by molar-refractivity contribution is -0.304. The summed E-state index contributed by atoms with van der Waals surface area (Å²) in [6.45, 7) is 11.8. The van der Waals surface area contributed by atoms with Crippen molar-refractivity contribution in [1.29, 1.82) is 0 Å². The molecule has 0 radical (unpaired) electrons. The summed E-state index contributed by atoms with van der Waals surface area (Å²) in [5.74, 6) is -0.826. The van der Waals surface area contributed by atoms with Crippen LogP contribution in [-0.2, 0) is 19.1 Å². The van der Waals surface area contributed by atoms with Gasteiger partial charge in [0.05, 0.1) is 6.61 Å². The van der Waals surface area contributed by atoms with Gasteiger partial charge in [0.15, 0.2) is 5.79 Å². The number of allylic oxidation sites excluding steroid dienone is 1. The lowest BCUT2D eigenvalue weighted by atomic mass is 9.85. The van der Waals surface area contributed by atoms with Gasteiger partial charge in [-0.1, -0.05) is 19.9 Å². The second-order valence-corrected chi connectivity index (χ2v) is 6.58. The number of ketones is 1. The van der Waals surface area contributed by atoms with Crippen LogP contribution in [0.3, 0.4) is 0 Å². The maximum atomic E-state index is 12.3. The van der Waals surface area contributed by atoms with Crippen LogP contribution in [0, 0.1) is 5.41 Å². The average molecular weight is 297 g/mol. The third-order valence-corrected chi connectivity index (χ3v) is 3.47. The molecule has 1 heterocycles. The van der Waals surface area contributed by atoms with Crippen LogP contribution in [0.25, 0.3) is 0 Å². The molecule has 1 N–H and O–H groups in total. The third kappa shape index (κ3) is 5.59. The summed E-state index contributed by atoms with van der Waals surface area (Å²) in [6.07, 6.45) is 2.64.